The quantitative estimate of drug-likeness (QED) is 0.900. The molecular formula is C11H11F3N2O2. The minimum absolute atomic E-state index is 0.110. The number of alkyl halides is 3. The lowest BCUT2D eigenvalue weighted by molar-refractivity contribution is -0.149. The number of oxazole rings is 1. The summed E-state index contributed by atoms with van der Waals surface area (Å²) in [6, 6.07) is 1.73. The number of nitrogens with zero attached hydrogens (tertiary/aromatic N) is 1. The Morgan fingerprint density at radius 3 is 2.67 bits per heavy atom. The van der Waals surface area contributed by atoms with Crippen molar-refractivity contribution in [3.05, 3.63) is 34.3 Å². The van der Waals surface area contributed by atoms with Crippen molar-refractivity contribution in [2.75, 3.05) is 0 Å². The fraction of sp³-hybridized carbons (Fsp3) is 0.364. The normalized spacial score (nSPS) is 14.1. The van der Waals surface area contributed by atoms with Gasteiger partial charge in [0.05, 0.1) is 5.52 Å². The highest BCUT2D eigenvalue weighted by atomic mass is 19.4. The Hall–Kier alpha value is -1.76. The number of hydrogen-bond donors (Lipinski definition) is 1. The van der Waals surface area contributed by atoms with Crippen molar-refractivity contribution < 1.29 is 17.6 Å². The van der Waals surface area contributed by atoms with Crippen molar-refractivity contribution in [3.8, 4) is 0 Å². The van der Waals surface area contributed by atoms with Gasteiger partial charge in [0, 0.05) is 6.54 Å². The van der Waals surface area contributed by atoms with Crippen LogP contribution in [0.4, 0.5) is 13.2 Å². The van der Waals surface area contributed by atoms with Gasteiger partial charge >= 0.3 is 11.9 Å². The molecule has 0 aliphatic rings. The van der Waals surface area contributed by atoms with Crippen LogP contribution in [0.3, 0.4) is 0 Å². The van der Waals surface area contributed by atoms with E-state index in [-0.39, 0.29) is 11.1 Å². The van der Waals surface area contributed by atoms with Gasteiger partial charge in [-0.15, -0.1) is 0 Å². The maximum Gasteiger partial charge on any atom is 0.419 e. The number of fused-ring (bicyclic) bond motifs is 1. The van der Waals surface area contributed by atoms with Gasteiger partial charge < -0.3 is 10.2 Å². The van der Waals surface area contributed by atoms with Crippen molar-refractivity contribution in [1.29, 1.82) is 0 Å². The van der Waals surface area contributed by atoms with Crippen LogP contribution in [0.2, 0.25) is 0 Å². The van der Waals surface area contributed by atoms with Gasteiger partial charge in [-0.05, 0) is 24.6 Å². The molecule has 0 aliphatic heterocycles. The Bertz CT molecular complexity index is 627. The van der Waals surface area contributed by atoms with Crippen LogP contribution in [0.1, 0.15) is 18.5 Å². The smallest absolute Gasteiger partial charge is 0.408 e. The van der Waals surface area contributed by atoms with Gasteiger partial charge in [-0.3, -0.25) is 4.57 Å². The van der Waals surface area contributed by atoms with Crippen molar-refractivity contribution in [3.63, 3.8) is 0 Å². The highest BCUT2D eigenvalue weighted by Crippen LogP contribution is 2.31. The second-order valence-corrected chi connectivity index (χ2v) is 3.86. The lowest BCUT2D eigenvalue weighted by Gasteiger charge is -2.15. The zero-order valence-electron chi connectivity index (χ0n) is 9.49. The van der Waals surface area contributed by atoms with Gasteiger partial charge in [-0.1, -0.05) is 6.07 Å². The molecule has 1 atom stereocenters. The molecule has 0 saturated carbocycles. The topological polar surface area (TPSA) is 61.2 Å². The molecule has 0 radical (unpaired) electrons. The van der Waals surface area contributed by atoms with Gasteiger partial charge in [-0.25, -0.2) is 4.79 Å². The molecule has 1 aromatic heterocycles. The molecule has 7 heteroatoms. The highest BCUT2D eigenvalue weighted by molar-refractivity contribution is 5.74. The number of aromatic nitrogens is 1. The van der Waals surface area contributed by atoms with Gasteiger partial charge in [-0.2, -0.15) is 13.2 Å². The van der Waals surface area contributed by atoms with E-state index in [0.717, 1.165) is 6.07 Å². The van der Waals surface area contributed by atoms with Crippen LogP contribution in [0.5, 0.6) is 0 Å². The average Bonchev–Trinajstić information content (AvgIpc) is 2.60. The lowest BCUT2D eigenvalue weighted by atomic mass is 10.1. The summed E-state index contributed by atoms with van der Waals surface area (Å²) in [6.45, 7) is 2.13. The Morgan fingerprint density at radius 1 is 1.44 bits per heavy atom. The van der Waals surface area contributed by atoms with E-state index in [1.807, 2.05) is 0 Å². The van der Waals surface area contributed by atoms with Crippen molar-refractivity contribution >= 4 is 11.1 Å². The van der Waals surface area contributed by atoms with E-state index in [1.54, 1.807) is 6.92 Å². The second-order valence-electron chi connectivity index (χ2n) is 3.86. The molecule has 1 unspecified atom stereocenters. The van der Waals surface area contributed by atoms with Gasteiger partial charge in [0.2, 0.25) is 0 Å². The molecule has 1 aromatic carbocycles. The summed E-state index contributed by atoms with van der Waals surface area (Å²) in [5.74, 6) is -0.592. The first-order valence-corrected chi connectivity index (χ1v) is 5.30. The van der Waals surface area contributed by atoms with Crippen LogP contribution in [0.15, 0.2) is 27.4 Å². The zero-order chi connectivity index (χ0) is 13.5. The molecule has 0 saturated heterocycles. The lowest BCUT2D eigenvalue weighted by Crippen LogP contribution is -2.28. The first-order valence-electron chi connectivity index (χ1n) is 5.30. The first-order chi connectivity index (χ1) is 8.34. The molecule has 2 N–H and O–H groups in total. The third kappa shape index (κ3) is 2.01. The van der Waals surface area contributed by atoms with Crippen LogP contribution >= 0.6 is 0 Å². The van der Waals surface area contributed by atoms with Gasteiger partial charge in [0.1, 0.15) is 6.04 Å². The number of hydrogen-bond acceptors (Lipinski definition) is 3. The van der Waals surface area contributed by atoms with Crippen molar-refractivity contribution in [1.82, 2.24) is 4.57 Å². The van der Waals surface area contributed by atoms with Crippen LogP contribution in [0.25, 0.3) is 11.1 Å². The largest absolute Gasteiger partial charge is 0.419 e. The maximum atomic E-state index is 12.5. The third-order valence-electron chi connectivity index (χ3n) is 2.72. The minimum atomic E-state index is -4.53. The van der Waals surface area contributed by atoms with E-state index >= 15 is 0 Å². The fourth-order valence-corrected chi connectivity index (χ4v) is 1.76. The first kappa shape index (κ1) is 12.7. The van der Waals surface area contributed by atoms with E-state index < -0.39 is 18.0 Å². The Labute approximate surface area is 99.8 Å². The number of aryl methyl sites for hydroxylation is 1. The third-order valence-corrected chi connectivity index (χ3v) is 2.72. The van der Waals surface area contributed by atoms with Crippen LogP contribution in [-0.2, 0) is 6.54 Å². The predicted octanol–water partition coefficient (Wildman–Crippen LogP) is 2.18. The van der Waals surface area contributed by atoms with Crippen molar-refractivity contribution in [2.24, 2.45) is 5.73 Å². The van der Waals surface area contributed by atoms with E-state index in [9.17, 15) is 18.0 Å². The molecule has 1 heterocycles. The second kappa shape index (κ2) is 4.16. The molecule has 0 amide bonds. The predicted molar refractivity (Wildman–Crippen MR) is 59.1 cm³/mol. The molecule has 0 spiro atoms. The van der Waals surface area contributed by atoms with E-state index in [0.29, 0.717) is 12.1 Å². The summed E-state index contributed by atoms with van der Waals surface area (Å²) in [5.41, 5.74) is 5.53. The van der Waals surface area contributed by atoms with Gasteiger partial charge in [0.25, 0.3) is 0 Å². The Kier molecular flexibility index (Phi) is 2.94. The molecule has 2 rings (SSSR count). The maximum absolute atomic E-state index is 12.5. The molecule has 0 fully saturated rings. The Morgan fingerprint density at radius 2 is 2.11 bits per heavy atom. The summed E-state index contributed by atoms with van der Waals surface area (Å²) >= 11 is 0. The highest BCUT2D eigenvalue weighted by Gasteiger charge is 2.38. The molecule has 18 heavy (non-hydrogen) atoms. The molecule has 98 valence electrons. The SMILES string of the molecule is CCn1c(=O)oc2cc(C(N)C(F)(F)F)ccc21. The van der Waals surface area contributed by atoms with E-state index in [4.69, 9.17) is 10.2 Å². The summed E-state index contributed by atoms with van der Waals surface area (Å²) in [5, 5.41) is 0. The zero-order valence-corrected chi connectivity index (χ0v) is 9.49. The number of rotatable bonds is 2. The van der Waals surface area contributed by atoms with Crippen LogP contribution in [-0.4, -0.2) is 10.7 Å². The van der Waals surface area contributed by atoms with E-state index in [1.165, 1.54) is 16.7 Å². The van der Waals surface area contributed by atoms with Crippen LogP contribution in [0, 0.1) is 0 Å². The summed E-state index contributed by atoms with van der Waals surface area (Å²) in [6.07, 6.45) is -4.53. The van der Waals surface area contributed by atoms with Crippen molar-refractivity contribution in [2.45, 2.75) is 25.7 Å². The molecule has 0 aliphatic carbocycles. The van der Waals surface area contributed by atoms with Crippen LogP contribution < -0.4 is 11.5 Å². The molecular weight excluding hydrogens is 249 g/mol. The fourth-order valence-electron chi connectivity index (χ4n) is 1.76. The summed E-state index contributed by atoms with van der Waals surface area (Å²) in [4.78, 5) is 11.4. The van der Waals surface area contributed by atoms with Gasteiger partial charge in [0.15, 0.2) is 5.58 Å². The number of benzene rings is 1. The Balaban J connectivity index is 2.56. The number of halogens is 3. The standard InChI is InChI=1S/C11H11F3N2O2/c1-2-16-7-4-3-6(9(15)11(12,13)14)5-8(7)18-10(16)17/h3-5,9H,2,15H2,1H3. The number of nitrogens with two attached hydrogens (primary N) is 1. The molecule has 0 bridgehead atoms. The molecule has 2 aromatic rings. The summed E-state index contributed by atoms with van der Waals surface area (Å²) < 4.78 is 43.6. The summed E-state index contributed by atoms with van der Waals surface area (Å²) in [7, 11) is 0. The average molecular weight is 260 g/mol. The minimum Gasteiger partial charge on any atom is -0.408 e. The molecule has 4 nitrogen and oxygen atoms in total. The van der Waals surface area contributed by atoms with E-state index in [2.05, 4.69) is 0 Å². The monoisotopic (exact) mass is 260 g/mol.